The highest BCUT2D eigenvalue weighted by atomic mass is 19.1. The van der Waals surface area contributed by atoms with E-state index in [2.05, 4.69) is 4.74 Å². The highest BCUT2D eigenvalue weighted by Gasteiger charge is 2.28. The largest absolute Gasteiger partial charge is 0.497 e. The van der Waals surface area contributed by atoms with Gasteiger partial charge in [-0.2, -0.15) is 0 Å². The lowest BCUT2D eigenvalue weighted by Crippen LogP contribution is -2.26. The van der Waals surface area contributed by atoms with Crippen molar-refractivity contribution in [3.63, 3.8) is 0 Å². The molecule has 0 aliphatic heterocycles. The smallest absolute Gasteiger partial charge is 0.343 e. The van der Waals surface area contributed by atoms with E-state index < -0.39 is 18.2 Å². The molecule has 0 aromatic heterocycles. The molecule has 4 nitrogen and oxygen atoms in total. The summed E-state index contributed by atoms with van der Waals surface area (Å²) in [6, 6.07) is 6.15. The highest BCUT2D eigenvalue weighted by molar-refractivity contribution is 5.75. The SMILES string of the molecule is CCOC(=O)[C@@H](F)[C@@H](O)c1ccc(OC)cc1. The van der Waals surface area contributed by atoms with E-state index in [0.717, 1.165) is 0 Å². The zero-order valence-electron chi connectivity index (χ0n) is 9.72. The van der Waals surface area contributed by atoms with Crippen LogP contribution in [0, 0.1) is 0 Å². The Morgan fingerprint density at radius 2 is 2.00 bits per heavy atom. The first-order chi connectivity index (χ1) is 8.10. The number of ether oxygens (including phenoxy) is 2. The van der Waals surface area contributed by atoms with Gasteiger partial charge in [0.05, 0.1) is 13.7 Å². The number of hydrogen-bond donors (Lipinski definition) is 1. The van der Waals surface area contributed by atoms with E-state index >= 15 is 0 Å². The van der Waals surface area contributed by atoms with Crippen molar-refractivity contribution in [1.29, 1.82) is 0 Å². The van der Waals surface area contributed by atoms with E-state index in [1.165, 1.54) is 19.2 Å². The zero-order valence-corrected chi connectivity index (χ0v) is 9.72. The summed E-state index contributed by atoms with van der Waals surface area (Å²) in [4.78, 5) is 11.1. The summed E-state index contributed by atoms with van der Waals surface area (Å²) >= 11 is 0. The molecule has 5 heteroatoms. The average Bonchev–Trinajstić information content (AvgIpc) is 2.37. The third-order valence-corrected chi connectivity index (χ3v) is 2.25. The first-order valence-corrected chi connectivity index (χ1v) is 5.22. The zero-order chi connectivity index (χ0) is 12.8. The van der Waals surface area contributed by atoms with Crippen LogP contribution in [-0.4, -0.2) is 31.0 Å². The third-order valence-electron chi connectivity index (χ3n) is 2.25. The molecule has 1 N–H and O–H groups in total. The van der Waals surface area contributed by atoms with Crippen LogP contribution in [-0.2, 0) is 9.53 Å². The van der Waals surface area contributed by atoms with Gasteiger partial charge in [-0.3, -0.25) is 0 Å². The number of methoxy groups -OCH3 is 1. The number of esters is 1. The van der Waals surface area contributed by atoms with Gasteiger partial charge in [-0.15, -0.1) is 0 Å². The summed E-state index contributed by atoms with van der Waals surface area (Å²) in [5.41, 5.74) is 0.298. The molecule has 0 radical (unpaired) electrons. The summed E-state index contributed by atoms with van der Waals surface area (Å²) in [7, 11) is 1.50. The summed E-state index contributed by atoms with van der Waals surface area (Å²) < 4.78 is 22.9. The van der Waals surface area contributed by atoms with Crippen molar-refractivity contribution in [2.24, 2.45) is 0 Å². The van der Waals surface area contributed by atoms with Crippen LogP contribution in [0.5, 0.6) is 5.75 Å². The van der Waals surface area contributed by atoms with Gasteiger partial charge < -0.3 is 14.6 Å². The van der Waals surface area contributed by atoms with Crippen LogP contribution >= 0.6 is 0 Å². The summed E-state index contributed by atoms with van der Waals surface area (Å²) in [6.07, 6.45) is -3.61. The molecule has 0 saturated heterocycles. The molecule has 0 aliphatic carbocycles. The van der Waals surface area contributed by atoms with Crippen LogP contribution in [0.4, 0.5) is 4.39 Å². The molecule has 0 aliphatic rings. The predicted molar refractivity (Wildman–Crippen MR) is 59.5 cm³/mol. The number of carbonyl (C=O) groups excluding carboxylic acids is 1. The van der Waals surface area contributed by atoms with Crippen molar-refractivity contribution in [3.05, 3.63) is 29.8 Å². The van der Waals surface area contributed by atoms with Crippen molar-refractivity contribution in [3.8, 4) is 5.75 Å². The van der Waals surface area contributed by atoms with Gasteiger partial charge in [-0.05, 0) is 24.6 Å². The number of carbonyl (C=O) groups is 1. The standard InChI is InChI=1S/C12H15FO4/c1-3-17-12(15)10(13)11(14)8-4-6-9(16-2)7-5-8/h4-7,10-11,14H,3H2,1-2H3/t10-,11-/m0/s1. The molecule has 2 atom stereocenters. The van der Waals surface area contributed by atoms with E-state index in [0.29, 0.717) is 11.3 Å². The minimum atomic E-state index is -2.08. The Balaban J connectivity index is 2.73. The summed E-state index contributed by atoms with van der Waals surface area (Å²) in [5.74, 6) is -0.469. The van der Waals surface area contributed by atoms with E-state index in [1.807, 2.05) is 0 Å². The molecule has 0 fully saturated rings. The molecule has 94 valence electrons. The predicted octanol–water partition coefficient (Wildman–Crippen LogP) is 1.63. The molecular formula is C12H15FO4. The summed E-state index contributed by atoms with van der Waals surface area (Å²) in [5, 5.41) is 9.63. The third kappa shape index (κ3) is 3.42. The molecular weight excluding hydrogens is 227 g/mol. The normalized spacial score (nSPS) is 13.9. The molecule has 0 amide bonds. The monoisotopic (exact) mass is 242 g/mol. The van der Waals surface area contributed by atoms with E-state index in [9.17, 15) is 14.3 Å². The van der Waals surface area contributed by atoms with Crippen molar-refractivity contribution >= 4 is 5.97 Å². The maximum Gasteiger partial charge on any atom is 0.343 e. The van der Waals surface area contributed by atoms with Crippen molar-refractivity contribution in [2.75, 3.05) is 13.7 Å². The molecule has 17 heavy (non-hydrogen) atoms. The van der Waals surface area contributed by atoms with Gasteiger partial charge in [-0.1, -0.05) is 12.1 Å². The van der Waals surface area contributed by atoms with Gasteiger partial charge in [0.2, 0.25) is 6.17 Å². The van der Waals surface area contributed by atoms with Gasteiger partial charge in [0.25, 0.3) is 0 Å². The topological polar surface area (TPSA) is 55.8 Å². The molecule has 0 spiro atoms. The first kappa shape index (κ1) is 13.4. The Bertz CT molecular complexity index is 363. The van der Waals surface area contributed by atoms with Crippen LogP contribution in [0.2, 0.25) is 0 Å². The van der Waals surface area contributed by atoms with Crippen molar-refractivity contribution < 1.29 is 23.8 Å². The molecule has 0 bridgehead atoms. The van der Waals surface area contributed by atoms with E-state index in [-0.39, 0.29) is 6.61 Å². The minimum Gasteiger partial charge on any atom is -0.497 e. The van der Waals surface area contributed by atoms with E-state index in [1.54, 1.807) is 19.1 Å². The van der Waals surface area contributed by atoms with Gasteiger partial charge >= 0.3 is 5.97 Å². The van der Waals surface area contributed by atoms with Crippen LogP contribution in [0.3, 0.4) is 0 Å². The quantitative estimate of drug-likeness (QED) is 0.797. The Hall–Kier alpha value is -1.62. The average molecular weight is 242 g/mol. The van der Waals surface area contributed by atoms with Crippen LogP contribution in [0.25, 0.3) is 0 Å². The second-order valence-electron chi connectivity index (χ2n) is 3.37. The molecule has 1 aromatic rings. The maximum atomic E-state index is 13.5. The lowest BCUT2D eigenvalue weighted by molar-refractivity contribution is -0.153. The number of benzene rings is 1. The van der Waals surface area contributed by atoms with Crippen LogP contribution in [0.15, 0.2) is 24.3 Å². The fourth-order valence-corrected chi connectivity index (χ4v) is 1.32. The van der Waals surface area contributed by atoms with Gasteiger partial charge in [0.15, 0.2) is 0 Å². The van der Waals surface area contributed by atoms with Gasteiger partial charge in [-0.25, -0.2) is 9.18 Å². The fraction of sp³-hybridized carbons (Fsp3) is 0.417. The van der Waals surface area contributed by atoms with Crippen molar-refractivity contribution in [2.45, 2.75) is 19.2 Å². The molecule has 0 heterocycles. The fourth-order valence-electron chi connectivity index (χ4n) is 1.32. The maximum absolute atomic E-state index is 13.5. The Kier molecular flexibility index (Phi) is 4.90. The van der Waals surface area contributed by atoms with Gasteiger partial charge in [0, 0.05) is 0 Å². The molecule has 1 rings (SSSR count). The number of rotatable bonds is 5. The Morgan fingerprint density at radius 3 is 2.47 bits per heavy atom. The van der Waals surface area contributed by atoms with E-state index in [4.69, 9.17) is 4.74 Å². The van der Waals surface area contributed by atoms with Gasteiger partial charge in [0.1, 0.15) is 11.9 Å². The lowest BCUT2D eigenvalue weighted by atomic mass is 10.1. The highest BCUT2D eigenvalue weighted by Crippen LogP contribution is 2.22. The molecule has 1 aromatic carbocycles. The number of aliphatic hydroxyl groups excluding tert-OH is 1. The minimum absolute atomic E-state index is 0.0780. The molecule has 0 unspecified atom stereocenters. The number of aliphatic hydroxyl groups is 1. The first-order valence-electron chi connectivity index (χ1n) is 5.22. The number of halogens is 1. The second kappa shape index (κ2) is 6.20. The Labute approximate surface area is 99.0 Å². The number of hydrogen-bond acceptors (Lipinski definition) is 4. The van der Waals surface area contributed by atoms with Crippen LogP contribution in [0.1, 0.15) is 18.6 Å². The lowest BCUT2D eigenvalue weighted by Gasteiger charge is -2.15. The second-order valence-corrected chi connectivity index (χ2v) is 3.37. The summed E-state index contributed by atoms with van der Waals surface area (Å²) in [6.45, 7) is 1.65. The van der Waals surface area contributed by atoms with Crippen LogP contribution < -0.4 is 4.74 Å². The molecule has 0 saturated carbocycles. The van der Waals surface area contributed by atoms with Crippen molar-refractivity contribution in [1.82, 2.24) is 0 Å². The Morgan fingerprint density at radius 1 is 1.41 bits per heavy atom. The number of alkyl halides is 1.